The van der Waals surface area contributed by atoms with Crippen LogP contribution in [-0.2, 0) is 15.1 Å². The summed E-state index contributed by atoms with van der Waals surface area (Å²) in [7, 11) is -10.8. The number of halogens is 3. The standard InChI is InChI=1S/C28H31F3Si3/c1-32(2,29)26-19-13-7-9-15-21(19)27(33(3,4)30)23-17-11-12-18-24(23)28(25(26)27,34(5,6)31)22-16-10-8-14-20(22)26/h7-18,25H,1-6H3. The van der Waals surface area contributed by atoms with Crippen LogP contribution in [0.15, 0.2) is 72.8 Å². The lowest BCUT2D eigenvalue weighted by atomic mass is 9.83. The summed E-state index contributed by atoms with van der Waals surface area (Å²) in [6, 6.07) is 23.8. The van der Waals surface area contributed by atoms with Crippen LogP contribution in [0.4, 0.5) is 12.3 Å². The molecule has 3 aromatic carbocycles. The highest BCUT2D eigenvalue weighted by Gasteiger charge is 2.86. The van der Waals surface area contributed by atoms with Gasteiger partial charge in [-0.05, 0) is 72.7 Å². The Bertz CT molecular complexity index is 1110. The lowest BCUT2D eigenvalue weighted by Gasteiger charge is -2.50. The summed E-state index contributed by atoms with van der Waals surface area (Å²) in [5, 5.41) is -3.02. The molecule has 3 aliphatic rings. The average Bonchev–Trinajstić information content (AvgIpc) is 3.30. The number of hydrogen-bond acceptors (Lipinski definition) is 0. The van der Waals surface area contributed by atoms with Crippen molar-refractivity contribution in [2.75, 3.05) is 0 Å². The van der Waals surface area contributed by atoms with Crippen LogP contribution in [0.2, 0.25) is 39.3 Å². The van der Waals surface area contributed by atoms with Crippen molar-refractivity contribution in [3.63, 3.8) is 0 Å². The van der Waals surface area contributed by atoms with Crippen molar-refractivity contribution >= 4 is 25.2 Å². The zero-order valence-corrected chi connectivity index (χ0v) is 23.6. The van der Waals surface area contributed by atoms with E-state index in [-0.39, 0.29) is 0 Å². The van der Waals surface area contributed by atoms with E-state index in [4.69, 9.17) is 0 Å². The summed E-state index contributed by atoms with van der Waals surface area (Å²) in [6.07, 6.45) is 0. The fourth-order valence-corrected chi connectivity index (χ4v) is 17.7. The summed E-state index contributed by atoms with van der Waals surface area (Å²) in [6.45, 7) is 10.6. The summed E-state index contributed by atoms with van der Waals surface area (Å²) in [5.74, 6) is -0.523. The van der Waals surface area contributed by atoms with Crippen molar-refractivity contribution in [3.8, 4) is 0 Å². The Kier molecular flexibility index (Phi) is 4.15. The second-order valence-corrected chi connectivity index (χ2v) is 23.1. The van der Waals surface area contributed by atoms with E-state index < -0.39 is 46.3 Å². The first kappa shape index (κ1) is 22.6. The van der Waals surface area contributed by atoms with Crippen molar-refractivity contribution in [2.24, 2.45) is 5.92 Å². The molecular weight excluding hydrogens is 478 g/mol. The molecule has 0 bridgehead atoms. The van der Waals surface area contributed by atoms with Gasteiger partial charge in [0, 0.05) is 21.0 Å². The van der Waals surface area contributed by atoms with Crippen LogP contribution in [0.1, 0.15) is 33.4 Å². The maximum absolute atomic E-state index is 17.2. The van der Waals surface area contributed by atoms with E-state index in [0.717, 1.165) is 33.4 Å². The molecule has 0 saturated heterocycles. The monoisotopic (exact) mass is 508 g/mol. The Hall–Kier alpha value is -1.90. The molecular formula is C28H31F3Si3. The predicted molar refractivity (Wildman–Crippen MR) is 141 cm³/mol. The van der Waals surface area contributed by atoms with Crippen molar-refractivity contribution < 1.29 is 12.3 Å². The van der Waals surface area contributed by atoms with Crippen molar-refractivity contribution in [1.82, 2.24) is 0 Å². The molecule has 0 nitrogen and oxygen atoms in total. The molecule has 0 saturated carbocycles. The number of rotatable bonds is 3. The normalized spacial score (nSPS) is 31.1. The summed E-state index contributed by atoms with van der Waals surface area (Å²) < 4.78 is 51.7. The van der Waals surface area contributed by atoms with Gasteiger partial charge in [0.1, 0.15) is 0 Å². The lowest BCUT2D eigenvalue weighted by Crippen LogP contribution is -2.64. The second kappa shape index (κ2) is 6.26. The minimum Gasteiger partial charge on any atom is -0.313 e. The van der Waals surface area contributed by atoms with E-state index >= 15 is 12.3 Å². The molecule has 3 aliphatic carbocycles. The third-order valence-corrected chi connectivity index (χ3v) is 17.6. The third-order valence-electron chi connectivity index (χ3n) is 9.44. The van der Waals surface area contributed by atoms with E-state index in [1.54, 1.807) is 39.3 Å². The van der Waals surface area contributed by atoms with Crippen molar-refractivity contribution in [1.29, 1.82) is 0 Å². The lowest BCUT2D eigenvalue weighted by molar-refractivity contribution is 0.324. The maximum atomic E-state index is 17.2. The van der Waals surface area contributed by atoms with Crippen molar-refractivity contribution in [3.05, 3.63) is 106 Å². The van der Waals surface area contributed by atoms with E-state index in [1.807, 2.05) is 72.8 Å². The number of hydrogen-bond donors (Lipinski definition) is 0. The molecule has 6 heteroatoms. The molecule has 0 radical (unpaired) electrons. The molecule has 0 amide bonds. The van der Waals surface area contributed by atoms with E-state index in [1.165, 1.54) is 0 Å². The van der Waals surface area contributed by atoms with Gasteiger partial charge in [-0.2, -0.15) is 0 Å². The minimum atomic E-state index is -3.60. The first-order valence-electron chi connectivity index (χ1n) is 12.2. The SMILES string of the molecule is C[Si](C)(F)C12c3ccccc3C3([Si](C)(C)F)c4ccccc4C([Si](C)(C)F)(c4ccccc41)C23. The topological polar surface area (TPSA) is 0 Å². The molecule has 34 heavy (non-hydrogen) atoms. The molecule has 6 rings (SSSR count). The van der Waals surface area contributed by atoms with Gasteiger partial charge in [0.05, 0.1) is 0 Å². The molecule has 0 aliphatic heterocycles. The maximum Gasteiger partial charge on any atom is 0.256 e. The Morgan fingerprint density at radius 2 is 0.618 bits per heavy atom. The Labute approximate surface area is 203 Å². The largest absolute Gasteiger partial charge is 0.313 e. The average molecular weight is 509 g/mol. The van der Waals surface area contributed by atoms with Gasteiger partial charge in [-0.3, -0.25) is 0 Å². The van der Waals surface area contributed by atoms with Gasteiger partial charge in [0.15, 0.2) is 0 Å². The second-order valence-electron chi connectivity index (χ2n) is 11.9. The highest BCUT2D eigenvalue weighted by Crippen LogP contribution is 2.80. The highest BCUT2D eigenvalue weighted by molar-refractivity contribution is 6.81. The quantitative estimate of drug-likeness (QED) is 0.252. The first-order chi connectivity index (χ1) is 15.8. The zero-order chi connectivity index (χ0) is 24.5. The fraction of sp³-hybridized carbons (Fsp3) is 0.357. The summed E-state index contributed by atoms with van der Waals surface area (Å²) in [4.78, 5) is 0. The van der Waals surface area contributed by atoms with Crippen molar-refractivity contribution in [2.45, 2.75) is 54.4 Å². The smallest absolute Gasteiger partial charge is 0.256 e. The van der Waals surface area contributed by atoms with Crippen LogP contribution in [0.25, 0.3) is 0 Å². The number of benzene rings is 3. The van der Waals surface area contributed by atoms with Crippen LogP contribution in [0.5, 0.6) is 0 Å². The Balaban J connectivity index is 1.99. The molecule has 0 atom stereocenters. The predicted octanol–water partition coefficient (Wildman–Crippen LogP) is 7.64. The molecule has 3 aromatic rings. The van der Waals surface area contributed by atoms with Crippen LogP contribution in [0.3, 0.4) is 0 Å². The van der Waals surface area contributed by atoms with Crippen LogP contribution >= 0.6 is 0 Å². The van der Waals surface area contributed by atoms with Gasteiger partial charge in [-0.25, -0.2) is 0 Å². The minimum absolute atomic E-state index is 0.523. The zero-order valence-electron chi connectivity index (χ0n) is 20.6. The van der Waals surface area contributed by atoms with Gasteiger partial charge in [-0.1, -0.05) is 72.8 Å². The van der Waals surface area contributed by atoms with Gasteiger partial charge in [0.25, 0.3) is 25.2 Å². The number of fused-ring (bicyclic) bond motifs is 9. The van der Waals surface area contributed by atoms with Gasteiger partial charge >= 0.3 is 0 Å². The molecule has 0 N–H and O–H groups in total. The molecule has 0 unspecified atom stereocenters. The molecule has 176 valence electrons. The highest BCUT2D eigenvalue weighted by atomic mass is 28.4. The molecule has 0 fully saturated rings. The summed E-state index contributed by atoms with van der Waals surface area (Å²) >= 11 is 0. The summed E-state index contributed by atoms with van der Waals surface area (Å²) in [5.41, 5.74) is 5.41. The van der Waals surface area contributed by atoms with Crippen LogP contribution < -0.4 is 0 Å². The molecule has 0 heterocycles. The molecule has 0 aromatic heterocycles. The third kappa shape index (κ3) is 2.03. The van der Waals surface area contributed by atoms with Gasteiger partial charge in [-0.15, -0.1) is 0 Å². The fourth-order valence-electron chi connectivity index (χ4n) is 8.81. The van der Waals surface area contributed by atoms with E-state index in [0.29, 0.717) is 0 Å². The first-order valence-corrected chi connectivity index (χ1v) is 20.8. The van der Waals surface area contributed by atoms with Gasteiger partial charge < -0.3 is 12.3 Å². The van der Waals surface area contributed by atoms with E-state index in [2.05, 4.69) is 0 Å². The van der Waals surface area contributed by atoms with Crippen LogP contribution in [0, 0.1) is 5.92 Å². The van der Waals surface area contributed by atoms with Gasteiger partial charge in [0.2, 0.25) is 0 Å². The molecule has 0 spiro atoms. The Morgan fingerprint density at radius 3 is 0.765 bits per heavy atom. The van der Waals surface area contributed by atoms with E-state index in [9.17, 15) is 0 Å². The van der Waals surface area contributed by atoms with Crippen LogP contribution in [-0.4, -0.2) is 25.2 Å². The Morgan fingerprint density at radius 1 is 0.441 bits per heavy atom.